The lowest BCUT2D eigenvalue weighted by atomic mass is 10.4. The van der Waals surface area contributed by atoms with E-state index in [-0.39, 0.29) is 17.5 Å². The van der Waals surface area contributed by atoms with Gasteiger partial charge in [-0.3, -0.25) is 0 Å². The summed E-state index contributed by atoms with van der Waals surface area (Å²) < 4.78 is 27.1. The van der Waals surface area contributed by atoms with E-state index in [1.165, 1.54) is 16.6 Å². The highest BCUT2D eigenvalue weighted by Crippen LogP contribution is 2.18. The van der Waals surface area contributed by atoms with Crippen LogP contribution >= 0.6 is 0 Å². The van der Waals surface area contributed by atoms with Crippen molar-refractivity contribution >= 4 is 10.0 Å². The topological polar surface area (TPSA) is 62.5 Å². The van der Waals surface area contributed by atoms with Crippen molar-refractivity contribution < 1.29 is 13.5 Å². The highest BCUT2D eigenvalue weighted by molar-refractivity contribution is 7.89. The van der Waals surface area contributed by atoms with Gasteiger partial charge in [0.25, 0.3) is 0 Å². The number of aliphatic hydroxyl groups excluding tert-OH is 1. The van der Waals surface area contributed by atoms with Crippen molar-refractivity contribution in [3.63, 3.8) is 0 Å². The Morgan fingerprint density at radius 3 is 2.44 bits per heavy atom. The minimum Gasteiger partial charge on any atom is -0.390 e. The molecule has 0 saturated carbocycles. The van der Waals surface area contributed by atoms with E-state index in [1.54, 1.807) is 18.7 Å². The van der Waals surface area contributed by atoms with Gasteiger partial charge in [-0.1, -0.05) is 0 Å². The van der Waals surface area contributed by atoms with Crippen molar-refractivity contribution in [2.75, 3.05) is 7.05 Å². The Bertz CT molecular complexity index is 462. The zero-order valence-electron chi connectivity index (χ0n) is 10.0. The highest BCUT2D eigenvalue weighted by Gasteiger charge is 2.24. The van der Waals surface area contributed by atoms with Crippen LogP contribution in [0, 0.1) is 0 Å². The van der Waals surface area contributed by atoms with E-state index >= 15 is 0 Å². The molecule has 1 heterocycles. The molecule has 0 amide bonds. The summed E-state index contributed by atoms with van der Waals surface area (Å²) in [6.07, 6.45) is 1.51. The largest absolute Gasteiger partial charge is 0.390 e. The maximum atomic E-state index is 12.1. The van der Waals surface area contributed by atoms with Crippen LogP contribution in [0.15, 0.2) is 17.2 Å². The van der Waals surface area contributed by atoms with Crippen LogP contribution in [-0.2, 0) is 23.7 Å². The first-order chi connectivity index (χ1) is 7.30. The molecular formula is C10H18N2O3S. The monoisotopic (exact) mass is 246 g/mol. The predicted molar refractivity (Wildman–Crippen MR) is 61.4 cm³/mol. The van der Waals surface area contributed by atoms with E-state index in [2.05, 4.69) is 0 Å². The van der Waals surface area contributed by atoms with E-state index < -0.39 is 10.0 Å². The third-order valence-electron chi connectivity index (χ3n) is 2.65. The maximum Gasteiger partial charge on any atom is 0.244 e. The molecule has 1 rings (SSSR count). The first-order valence-electron chi connectivity index (χ1n) is 5.04. The Morgan fingerprint density at radius 1 is 1.50 bits per heavy atom. The number of aromatic nitrogens is 1. The van der Waals surface area contributed by atoms with Crippen LogP contribution in [0.3, 0.4) is 0 Å². The molecule has 0 aliphatic heterocycles. The van der Waals surface area contributed by atoms with Gasteiger partial charge in [-0.15, -0.1) is 0 Å². The van der Waals surface area contributed by atoms with Gasteiger partial charge in [0.1, 0.15) is 4.90 Å². The molecule has 5 nitrogen and oxygen atoms in total. The van der Waals surface area contributed by atoms with Gasteiger partial charge in [0.15, 0.2) is 0 Å². The summed E-state index contributed by atoms with van der Waals surface area (Å²) in [5, 5.41) is 9.02. The van der Waals surface area contributed by atoms with Crippen molar-refractivity contribution in [1.82, 2.24) is 8.87 Å². The minimum absolute atomic E-state index is 0.0946. The number of sulfonamides is 1. The highest BCUT2D eigenvalue weighted by atomic mass is 32.2. The fourth-order valence-corrected chi connectivity index (χ4v) is 2.78. The van der Waals surface area contributed by atoms with E-state index in [0.29, 0.717) is 5.69 Å². The van der Waals surface area contributed by atoms with E-state index in [9.17, 15) is 8.42 Å². The molecule has 92 valence electrons. The van der Waals surface area contributed by atoms with Gasteiger partial charge in [0.2, 0.25) is 10.0 Å². The lowest BCUT2D eigenvalue weighted by Gasteiger charge is -2.19. The van der Waals surface area contributed by atoms with Crippen molar-refractivity contribution in [2.45, 2.75) is 31.4 Å². The Labute approximate surface area is 96.4 Å². The number of hydrogen-bond acceptors (Lipinski definition) is 3. The number of aliphatic hydroxyl groups is 1. The lowest BCUT2D eigenvalue weighted by molar-refractivity contribution is 0.272. The third kappa shape index (κ3) is 2.28. The van der Waals surface area contributed by atoms with Crippen molar-refractivity contribution in [3.05, 3.63) is 18.0 Å². The number of nitrogens with zero attached hydrogens (tertiary/aromatic N) is 2. The number of hydrogen-bond donors (Lipinski definition) is 1. The summed E-state index contributed by atoms with van der Waals surface area (Å²) in [7, 11) is -0.193. The average molecular weight is 246 g/mol. The molecule has 1 aromatic heterocycles. The van der Waals surface area contributed by atoms with Crippen LogP contribution in [-0.4, -0.2) is 35.5 Å². The molecule has 0 atom stereocenters. The van der Waals surface area contributed by atoms with Gasteiger partial charge in [0.05, 0.1) is 6.61 Å². The van der Waals surface area contributed by atoms with Crippen molar-refractivity contribution in [2.24, 2.45) is 7.05 Å². The summed E-state index contributed by atoms with van der Waals surface area (Å²) in [5.41, 5.74) is 0.579. The molecule has 0 spiro atoms. The quantitative estimate of drug-likeness (QED) is 0.843. The van der Waals surface area contributed by atoms with Gasteiger partial charge in [0, 0.05) is 32.0 Å². The summed E-state index contributed by atoms with van der Waals surface area (Å²) >= 11 is 0. The Kier molecular flexibility index (Phi) is 3.77. The molecular weight excluding hydrogens is 228 g/mol. The lowest BCUT2D eigenvalue weighted by Crippen LogP contribution is -2.32. The number of rotatable bonds is 4. The Hall–Kier alpha value is -0.850. The van der Waals surface area contributed by atoms with Crippen LogP contribution in [0.25, 0.3) is 0 Å². The fourth-order valence-electron chi connectivity index (χ4n) is 1.32. The van der Waals surface area contributed by atoms with Crippen LogP contribution in [0.2, 0.25) is 0 Å². The van der Waals surface area contributed by atoms with Gasteiger partial charge < -0.3 is 9.67 Å². The average Bonchev–Trinajstić information content (AvgIpc) is 2.58. The maximum absolute atomic E-state index is 12.1. The van der Waals surface area contributed by atoms with E-state index in [4.69, 9.17) is 5.11 Å². The summed E-state index contributed by atoms with van der Waals surface area (Å²) in [5.74, 6) is 0. The summed E-state index contributed by atoms with van der Waals surface area (Å²) in [6, 6.07) is 1.40. The molecule has 0 saturated heterocycles. The molecule has 0 radical (unpaired) electrons. The summed E-state index contributed by atoms with van der Waals surface area (Å²) in [4.78, 5) is 0.218. The first kappa shape index (κ1) is 13.2. The van der Waals surface area contributed by atoms with E-state index in [0.717, 1.165) is 0 Å². The molecule has 0 bridgehead atoms. The molecule has 6 heteroatoms. The molecule has 0 aromatic carbocycles. The second-order valence-corrected chi connectivity index (χ2v) is 6.05. The second kappa shape index (κ2) is 4.57. The van der Waals surface area contributed by atoms with Crippen LogP contribution < -0.4 is 0 Å². The SMILES string of the molecule is CC(C)N(C)S(=O)(=O)c1cc(CO)n(C)c1. The van der Waals surface area contributed by atoms with Crippen molar-refractivity contribution in [3.8, 4) is 0 Å². The van der Waals surface area contributed by atoms with Gasteiger partial charge in [-0.2, -0.15) is 4.31 Å². The number of aryl methyl sites for hydroxylation is 1. The molecule has 0 fully saturated rings. The fraction of sp³-hybridized carbons (Fsp3) is 0.600. The van der Waals surface area contributed by atoms with Crippen molar-refractivity contribution in [1.29, 1.82) is 0 Å². The standard InChI is InChI=1S/C10H18N2O3S/c1-8(2)12(4)16(14,15)10-5-9(7-13)11(3)6-10/h5-6,8,13H,7H2,1-4H3. The minimum atomic E-state index is -3.45. The van der Waals surface area contributed by atoms with Crippen LogP contribution in [0.5, 0.6) is 0 Å². The molecule has 1 aromatic rings. The van der Waals surface area contributed by atoms with Gasteiger partial charge in [-0.05, 0) is 19.9 Å². The van der Waals surface area contributed by atoms with Gasteiger partial charge >= 0.3 is 0 Å². The van der Waals surface area contributed by atoms with E-state index in [1.807, 2.05) is 13.8 Å². The van der Waals surface area contributed by atoms with Crippen LogP contribution in [0.1, 0.15) is 19.5 Å². The second-order valence-electron chi connectivity index (χ2n) is 4.05. The van der Waals surface area contributed by atoms with Crippen LogP contribution in [0.4, 0.5) is 0 Å². The molecule has 1 N–H and O–H groups in total. The zero-order valence-corrected chi connectivity index (χ0v) is 10.8. The summed E-state index contributed by atoms with van der Waals surface area (Å²) in [6.45, 7) is 3.46. The molecule has 0 unspecified atom stereocenters. The van der Waals surface area contributed by atoms with Gasteiger partial charge in [-0.25, -0.2) is 8.42 Å². The Morgan fingerprint density at radius 2 is 2.06 bits per heavy atom. The first-order valence-corrected chi connectivity index (χ1v) is 6.49. The smallest absolute Gasteiger partial charge is 0.244 e. The normalized spacial score (nSPS) is 12.7. The molecule has 0 aliphatic rings. The predicted octanol–water partition coefficient (Wildman–Crippen LogP) is 0.546. The molecule has 16 heavy (non-hydrogen) atoms. The molecule has 0 aliphatic carbocycles. The third-order valence-corrected chi connectivity index (χ3v) is 4.65. The zero-order chi connectivity index (χ0) is 12.5. The Balaban J connectivity index is 3.17.